The third-order valence-corrected chi connectivity index (χ3v) is 2.37. The number of nitrogens with two attached hydrogens (primary N) is 1. The molecule has 0 bridgehead atoms. The zero-order valence-corrected chi connectivity index (χ0v) is 10.1. The summed E-state index contributed by atoms with van der Waals surface area (Å²) in [5, 5.41) is 2.84. The van der Waals surface area contributed by atoms with Crippen molar-refractivity contribution in [2.24, 2.45) is 5.73 Å². The Labute approximate surface area is 101 Å². The molecule has 0 aliphatic rings. The minimum Gasteiger partial charge on any atom is -0.496 e. The first-order chi connectivity index (χ1) is 8.19. The molecule has 0 spiro atoms. The number of nitrogens with one attached hydrogen (secondary N) is 1. The summed E-state index contributed by atoms with van der Waals surface area (Å²) in [5.74, 6) is 0.608. The molecule has 1 atom stereocenters. The fourth-order valence-corrected chi connectivity index (χ4v) is 1.54. The molecule has 1 aromatic carbocycles. The Morgan fingerprint density at radius 3 is 2.88 bits per heavy atom. The zero-order chi connectivity index (χ0) is 12.7. The normalized spacial score (nSPS) is 12.4. The topological polar surface area (TPSA) is 64.3 Å². The third kappa shape index (κ3) is 3.92. The van der Waals surface area contributed by atoms with E-state index in [1.54, 1.807) is 13.2 Å². The predicted molar refractivity (Wildman–Crippen MR) is 67.7 cm³/mol. The van der Waals surface area contributed by atoms with E-state index in [0.717, 1.165) is 11.3 Å². The van der Waals surface area contributed by atoms with Gasteiger partial charge in [0.25, 0.3) is 0 Å². The molecule has 0 radical (unpaired) electrons. The van der Waals surface area contributed by atoms with Crippen LogP contribution in [0.3, 0.4) is 0 Å². The third-order valence-electron chi connectivity index (χ3n) is 2.37. The summed E-state index contributed by atoms with van der Waals surface area (Å²) in [4.78, 5) is 11.5. The number of carbonyl (C=O) groups excluding carboxylic acids is 1. The Hall–Kier alpha value is -1.81. The highest BCUT2D eigenvalue weighted by atomic mass is 16.5. The lowest BCUT2D eigenvalue weighted by Gasteiger charge is -2.16. The Bertz CT molecular complexity index is 402. The van der Waals surface area contributed by atoms with Crippen molar-refractivity contribution in [1.29, 1.82) is 0 Å². The van der Waals surface area contributed by atoms with Crippen molar-refractivity contribution in [3.05, 3.63) is 42.0 Å². The number of hydrogen-bond donors (Lipinski definition) is 2. The van der Waals surface area contributed by atoms with Crippen molar-refractivity contribution < 1.29 is 9.53 Å². The molecule has 0 fully saturated rings. The second-order valence-corrected chi connectivity index (χ2v) is 3.61. The van der Waals surface area contributed by atoms with E-state index < -0.39 is 0 Å². The van der Waals surface area contributed by atoms with Gasteiger partial charge in [-0.1, -0.05) is 24.3 Å². The van der Waals surface area contributed by atoms with Gasteiger partial charge in [-0.05, 0) is 13.0 Å². The van der Waals surface area contributed by atoms with Crippen molar-refractivity contribution in [1.82, 2.24) is 5.32 Å². The standard InChI is InChI=1S/C13H18N2O2/c1-10(15-13(16)8-5-9-14)11-6-3-4-7-12(11)17-2/h3-8,10H,9,14H2,1-2H3,(H,15,16)/b8-5+. The molecule has 0 saturated carbocycles. The van der Waals surface area contributed by atoms with Gasteiger partial charge in [-0.15, -0.1) is 0 Å². The fraction of sp³-hybridized carbons (Fsp3) is 0.308. The number of amides is 1. The summed E-state index contributed by atoms with van der Waals surface area (Å²) in [6.45, 7) is 2.27. The first-order valence-corrected chi connectivity index (χ1v) is 5.49. The van der Waals surface area contributed by atoms with Crippen molar-refractivity contribution in [2.45, 2.75) is 13.0 Å². The molecule has 92 valence electrons. The molecule has 0 aliphatic heterocycles. The summed E-state index contributed by atoms with van der Waals surface area (Å²) >= 11 is 0. The van der Waals surface area contributed by atoms with Gasteiger partial charge < -0.3 is 15.8 Å². The molecular weight excluding hydrogens is 216 g/mol. The highest BCUT2D eigenvalue weighted by Gasteiger charge is 2.11. The number of rotatable bonds is 5. The smallest absolute Gasteiger partial charge is 0.244 e. The van der Waals surface area contributed by atoms with Gasteiger partial charge >= 0.3 is 0 Å². The van der Waals surface area contributed by atoms with Crippen LogP contribution in [0.4, 0.5) is 0 Å². The molecule has 0 aliphatic carbocycles. The molecule has 0 aromatic heterocycles. The van der Waals surface area contributed by atoms with E-state index in [2.05, 4.69) is 5.32 Å². The van der Waals surface area contributed by atoms with Crippen LogP contribution in [0.15, 0.2) is 36.4 Å². The largest absolute Gasteiger partial charge is 0.496 e. The van der Waals surface area contributed by atoms with Crippen LogP contribution in [0, 0.1) is 0 Å². The van der Waals surface area contributed by atoms with E-state index in [1.807, 2.05) is 31.2 Å². The lowest BCUT2D eigenvalue weighted by atomic mass is 10.1. The first kappa shape index (κ1) is 13.3. The van der Waals surface area contributed by atoms with Crippen LogP contribution < -0.4 is 15.8 Å². The lowest BCUT2D eigenvalue weighted by molar-refractivity contribution is -0.117. The summed E-state index contributed by atoms with van der Waals surface area (Å²) in [6, 6.07) is 7.49. The van der Waals surface area contributed by atoms with Crippen LogP contribution >= 0.6 is 0 Å². The Morgan fingerprint density at radius 2 is 2.24 bits per heavy atom. The molecular formula is C13H18N2O2. The van der Waals surface area contributed by atoms with E-state index in [0.29, 0.717) is 6.54 Å². The van der Waals surface area contributed by atoms with Gasteiger partial charge in [0.15, 0.2) is 0 Å². The molecule has 1 rings (SSSR count). The summed E-state index contributed by atoms with van der Waals surface area (Å²) in [5.41, 5.74) is 6.23. The van der Waals surface area contributed by atoms with E-state index in [-0.39, 0.29) is 11.9 Å². The number of carbonyl (C=O) groups is 1. The van der Waals surface area contributed by atoms with Crippen molar-refractivity contribution in [3.8, 4) is 5.75 Å². The zero-order valence-electron chi connectivity index (χ0n) is 10.1. The van der Waals surface area contributed by atoms with E-state index in [9.17, 15) is 4.79 Å². The molecule has 1 amide bonds. The molecule has 0 saturated heterocycles. The highest BCUT2D eigenvalue weighted by Crippen LogP contribution is 2.24. The second kappa shape index (κ2) is 6.70. The summed E-state index contributed by atoms with van der Waals surface area (Å²) in [6.07, 6.45) is 3.05. The number of methoxy groups -OCH3 is 1. The van der Waals surface area contributed by atoms with Crippen LogP contribution in [-0.4, -0.2) is 19.6 Å². The maximum atomic E-state index is 11.5. The van der Waals surface area contributed by atoms with Gasteiger partial charge in [-0.25, -0.2) is 0 Å². The summed E-state index contributed by atoms with van der Waals surface area (Å²) < 4.78 is 5.24. The van der Waals surface area contributed by atoms with Crippen molar-refractivity contribution in [2.75, 3.05) is 13.7 Å². The van der Waals surface area contributed by atoms with E-state index in [4.69, 9.17) is 10.5 Å². The van der Waals surface area contributed by atoms with Crippen LogP contribution in [-0.2, 0) is 4.79 Å². The van der Waals surface area contributed by atoms with Gasteiger partial charge in [-0.2, -0.15) is 0 Å². The van der Waals surface area contributed by atoms with Crippen LogP contribution in [0.1, 0.15) is 18.5 Å². The number of para-hydroxylation sites is 1. The average Bonchev–Trinajstić information content (AvgIpc) is 2.36. The Kier molecular flexibility index (Phi) is 5.23. The van der Waals surface area contributed by atoms with Crippen molar-refractivity contribution in [3.63, 3.8) is 0 Å². The van der Waals surface area contributed by atoms with Crippen LogP contribution in [0.2, 0.25) is 0 Å². The minimum atomic E-state index is -0.158. The summed E-state index contributed by atoms with van der Waals surface area (Å²) in [7, 11) is 1.61. The van der Waals surface area contributed by atoms with E-state index >= 15 is 0 Å². The molecule has 3 N–H and O–H groups in total. The van der Waals surface area contributed by atoms with E-state index in [1.165, 1.54) is 6.08 Å². The molecule has 1 unspecified atom stereocenters. The maximum Gasteiger partial charge on any atom is 0.244 e. The number of hydrogen-bond acceptors (Lipinski definition) is 3. The Balaban J connectivity index is 2.72. The SMILES string of the molecule is COc1ccccc1C(C)NC(=O)/C=C/CN. The van der Waals surface area contributed by atoms with Crippen LogP contribution in [0.5, 0.6) is 5.75 Å². The van der Waals surface area contributed by atoms with Gasteiger partial charge in [0.2, 0.25) is 5.91 Å². The first-order valence-electron chi connectivity index (χ1n) is 5.49. The predicted octanol–water partition coefficient (Wildman–Crippen LogP) is 1.39. The molecule has 1 aromatic rings. The molecule has 4 heteroatoms. The molecule has 4 nitrogen and oxygen atoms in total. The quantitative estimate of drug-likeness (QED) is 0.757. The Morgan fingerprint density at radius 1 is 1.53 bits per heavy atom. The van der Waals surface area contributed by atoms with Crippen LogP contribution in [0.25, 0.3) is 0 Å². The lowest BCUT2D eigenvalue weighted by Crippen LogP contribution is -2.25. The maximum absolute atomic E-state index is 11.5. The fourth-order valence-electron chi connectivity index (χ4n) is 1.54. The van der Waals surface area contributed by atoms with Gasteiger partial charge in [0.1, 0.15) is 5.75 Å². The van der Waals surface area contributed by atoms with Gasteiger partial charge in [-0.3, -0.25) is 4.79 Å². The van der Waals surface area contributed by atoms with Gasteiger partial charge in [0.05, 0.1) is 13.2 Å². The second-order valence-electron chi connectivity index (χ2n) is 3.61. The monoisotopic (exact) mass is 234 g/mol. The minimum absolute atomic E-state index is 0.110. The number of ether oxygens (including phenoxy) is 1. The molecule has 0 heterocycles. The number of benzene rings is 1. The van der Waals surface area contributed by atoms with Gasteiger partial charge in [0, 0.05) is 18.2 Å². The molecule has 17 heavy (non-hydrogen) atoms. The highest BCUT2D eigenvalue weighted by molar-refractivity contribution is 5.87. The average molecular weight is 234 g/mol. The van der Waals surface area contributed by atoms with Crippen molar-refractivity contribution >= 4 is 5.91 Å².